The molecular weight excluding hydrogens is 561 g/mol. The lowest BCUT2D eigenvalue weighted by Crippen LogP contribution is -2.23. The molecule has 4 aromatic rings. The summed E-state index contributed by atoms with van der Waals surface area (Å²) < 4.78 is 37.0. The molecule has 4 rings (SSSR count). The fourth-order valence-corrected chi connectivity index (χ4v) is 5.44. The van der Waals surface area contributed by atoms with Crippen molar-refractivity contribution in [2.75, 3.05) is 4.72 Å². The van der Waals surface area contributed by atoms with Gasteiger partial charge >= 0.3 is 5.97 Å². The molecule has 0 aliphatic heterocycles. The van der Waals surface area contributed by atoms with Crippen molar-refractivity contribution in [3.63, 3.8) is 0 Å². The highest BCUT2D eigenvalue weighted by Crippen LogP contribution is 2.27. The molecule has 0 fully saturated rings. The molecule has 1 N–H and O–H groups in total. The van der Waals surface area contributed by atoms with Crippen LogP contribution < -0.4 is 10.3 Å². The lowest BCUT2D eigenvalue weighted by atomic mass is 10.2. The van der Waals surface area contributed by atoms with E-state index in [0.717, 1.165) is 6.07 Å². The smallest absolute Gasteiger partial charge is 0.340 e. The van der Waals surface area contributed by atoms with E-state index in [0.29, 0.717) is 27.0 Å². The van der Waals surface area contributed by atoms with Gasteiger partial charge in [-0.05, 0) is 49.4 Å². The predicted molar refractivity (Wildman–Crippen MR) is 144 cm³/mol. The fraction of sp³-hybridized carbons (Fsp3) is 0.120. The van der Waals surface area contributed by atoms with Gasteiger partial charge in [-0.2, -0.15) is 0 Å². The van der Waals surface area contributed by atoms with Gasteiger partial charge < -0.3 is 4.74 Å². The number of carbonyl (C=O) groups is 1. The number of aromatic nitrogens is 2. The monoisotopic (exact) mass is 579 g/mol. The topological polar surface area (TPSA) is 99.4 Å². The highest BCUT2D eigenvalue weighted by Gasteiger charge is 2.25. The first kappa shape index (κ1) is 26.8. The first-order valence-electron chi connectivity index (χ1n) is 10.8. The van der Waals surface area contributed by atoms with Crippen LogP contribution in [-0.4, -0.2) is 23.8 Å². The molecule has 0 saturated heterocycles. The maximum Gasteiger partial charge on any atom is 0.340 e. The second-order valence-electron chi connectivity index (χ2n) is 7.96. The van der Waals surface area contributed by atoms with Gasteiger partial charge in [-0.25, -0.2) is 17.9 Å². The Morgan fingerprint density at radius 1 is 0.946 bits per heavy atom. The minimum Gasteiger partial charge on any atom is -0.457 e. The van der Waals surface area contributed by atoms with Crippen molar-refractivity contribution in [1.29, 1.82) is 0 Å². The van der Waals surface area contributed by atoms with Crippen LogP contribution in [0.25, 0.3) is 5.69 Å². The van der Waals surface area contributed by atoms with E-state index < -0.39 is 21.6 Å². The van der Waals surface area contributed by atoms with Crippen molar-refractivity contribution in [2.24, 2.45) is 7.05 Å². The number of carbonyl (C=O) groups excluding carboxylic acids is 1. The van der Waals surface area contributed by atoms with Crippen molar-refractivity contribution < 1.29 is 17.9 Å². The summed E-state index contributed by atoms with van der Waals surface area (Å²) in [7, 11) is -2.64. The number of benzene rings is 3. The summed E-state index contributed by atoms with van der Waals surface area (Å²) >= 11 is 18.4. The average molecular weight is 581 g/mol. The summed E-state index contributed by atoms with van der Waals surface area (Å²) in [5.41, 5.74) is 0.495. The number of nitrogens with zero attached hydrogens (tertiary/aromatic N) is 2. The van der Waals surface area contributed by atoms with Crippen molar-refractivity contribution in [3.05, 3.63) is 109 Å². The Hall–Kier alpha value is -3.24. The van der Waals surface area contributed by atoms with Crippen LogP contribution in [0.4, 0.5) is 5.69 Å². The molecule has 0 bridgehead atoms. The highest BCUT2D eigenvalue weighted by molar-refractivity contribution is 7.92. The minimum atomic E-state index is -4.28. The zero-order valence-corrected chi connectivity index (χ0v) is 22.6. The van der Waals surface area contributed by atoms with Crippen LogP contribution >= 0.6 is 34.8 Å². The standard InChI is InChI=1S/C25H20Cl3N3O5S/c1-15-23(24(32)31(30(15)2)16-7-4-3-5-8-16)29-37(34,35)17-11-12-22(28)18(13-17)25(33)36-14-19-20(26)9-6-10-21(19)27/h3-13,29H,14H2,1-2H3. The summed E-state index contributed by atoms with van der Waals surface area (Å²) in [6.45, 7) is 1.37. The molecule has 3 aromatic carbocycles. The predicted octanol–water partition coefficient (Wildman–Crippen LogP) is 5.60. The quantitative estimate of drug-likeness (QED) is 0.287. The van der Waals surface area contributed by atoms with E-state index in [-0.39, 0.29) is 27.8 Å². The molecule has 0 unspecified atom stereocenters. The van der Waals surface area contributed by atoms with Crippen LogP contribution in [-0.2, 0) is 28.4 Å². The van der Waals surface area contributed by atoms with Crippen LogP contribution in [0.3, 0.4) is 0 Å². The lowest BCUT2D eigenvalue weighted by molar-refractivity contribution is 0.0473. The van der Waals surface area contributed by atoms with Gasteiger partial charge in [0.05, 0.1) is 26.9 Å². The van der Waals surface area contributed by atoms with Crippen LogP contribution in [0.1, 0.15) is 21.6 Å². The molecule has 0 aliphatic rings. The largest absolute Gasteiger partial charge is 0.457 e. The second-order valence-corrected chi connectivity index (χ2v) is 10.9. The fourth-order valence-electron chi connectivity index (χ4n) is 3.59. The van der Waals surface area contributed by atoms with Crippen LogP contribution in [0.2, 0.25) is 15.1 Å². The number of sulfonamides is 1. The van der Waals surface area contributed by atoms with Gasteiger partial charge in [0.25, 0.3) is 15.6 Å². The zero-order chi connectivity index (χ0) is 26.9. The number of rotatable bonds is 7. The van der Waals surface area contributed by atoms with Crippen LogP contribution in [0.5, 0.6) is 0 Å². The normalized spacial score (nSPS) is 11.4. The maximum absolute atomic E-state index is 13.2. The summed E-state index contributed by atoms with van der Waals surface area (Å²) in [5, 5.41) is 0.606. The van der Waals surface area contributed by atoms with Gasteiger partial charge in [-0.3, -0.25) is 14.2 Å². The van der Waals surface area contributed by atoms with E-state index in [1.165, 1.54) is 16.8 Å². The van der Waals surface area contributed by atoms with E-state index in [9.17, 15) is 18.0 Å². The highest BCUT2D eigenvalue weighted by atomic mass is 35.5. The third kappa shape index (κ3) is 5.40. The van der Waals surface area contributed by atoms with Gasteiger partial charge in [0, 0.05) is 22.7 Å². The SMILES string of the molecule is Cc1c(NS(=O)(=O)c2ccc(Cl)c(C(=O)OCc3c(Cl)cccc3Cl)c2)c(=O)n(-c2ccccc2)n1C. The summed E-state index contributed by atoms with van der Waals surface area (Å²) in [6, 6.07) is 17.2. The number of halogens is 3. The van der Waals surface area contributed by atoms with Gasteiger partial charge in [0.1, 0.15) is 12.3 Å². The molecule has 1 heterocycles. The van der Waals surface area contributed by atoms with Crippen molar-refractivity contribution >= 4 is 56.5 Å². The Kier molecular flexibility index (Phi) is 7.70. The van der Waals surface area contributed by atoms with Crippen molar-refractivity contribution in [2.45, 2.75) is 18.4 Å². The van der Waals surface area contributed by atoms with Gasteiger partial charge in [-0.15, -0.1) is 0 Å². The van der Waals surface area contributed by atoms with Crippen molar-refractivity contribution in [3.8, 4) is 5.69 Å². The molecule has 0 amide bonds. The first-order valence-corrected chi connectivity index (χ1v) is 13.4. The van der Waals surface area contributed by atoms with E-state index in [1.807, 2.05) is 0 Å². The molecule has 0 radical (unpaired) electrons. The molecule has 0 saturated carbocycles. The van der Waals surface area contributed by atoms with E-state index >= 15 is 0 Å². The number of nitrogens with one attached hydrogen (secondary N) is 1. The third-order valence-corrected chi connectivity index (χ3v) is 8.05. The van der Waals surface area contributed by atoms with E-state index in [1.54, 1.807) is 67.2 Å². The molecule has 37 heavy (non-hydrogen) atoms. The Morgan fingerprint density at radius 2 is 1.59 bits per heavy atom. The van der Waals surface area contributed by atoms with Crippen LogP contribution in [0, 0.1) is 6.92 Å². The van der Waals surface area contributed by atoms with Gasteiger partial charge in [0.2, 0.25) is 0 Å². The van der Waals surface area contributed by atoms with Gasteiger partial charge in [-0.1, -0.05) is 59.1 Å². The third-order valence-electron chi connectivity index (χ3n) is 5.67. The number of hydrogen-bond donors (Lipinski definition) is 1. The Morgan fingerprint density at radius 3 is 2.24 bits per heavy atom. The number of esters is 1. The number of ether oxygens (including phenoxy) is 1. The molecule has 192 valence electrons. The lowest BCUT2D eigenvalue weighted by Gasteiger charge is -2.11. The first-order chi connectivity index (χ1) is 17.5. The molecule has 8 nitrogen and oxygen atoms in total. The molecule has 1 aromatic heterocycles. The number of anilines is 1. The molecule has 0 aliphatic carbocycles. The van der Waals surface area contributed by atoms with E-state index in [4.69, 9.17) is 39.5 Å². The average Bonchev–Trinajstić information content (AvgIpc) is 3.07. The molecule has 12 heteroatoms. The van der Waals surface area contributed by atoms with E-state index in [2.05, 4.69) is 4.72 Å². The summed E-state index contributed by atoms with van der Waals surface area (Å²) in [4.78, 5) is 25.6. The van der Waals surface area contributed by atoms with Crippen LogP contribution in [0.15, 0.2) is 76.4 Å². The Bertz CT molecular complexity index is 1640. The summed E-state index contributed by atoms with van der Waals surface area (Å²) in [6.07, 6.45) is 0. The maximum atomic E-state index is 13.2. The number of para-hydroxylation sites is 1. The molecule has 0 spiro atoms. The molecule has 0 atom stereocenters. The van der Waals surface area contributed by atoms with Crippen molar-refractivity contribution in [1.82, 2.24) is 9.36 Å². The zero-order valence-electron chi connectivity index (χ0n) is 19.5. The van der Waals surface area contributed by atoms with Gasteiger partial charge in [0.15, 0.2) is 0 Å². The Balaban J connectivity index is 1.63. The second kappa shape index (κ2) is 10.6. The summed E-state index contributed by atoms with van der Waals surface area (Å²) in [5.74, 6) is -0.875. The number of hydrogen-bond acceptors (Lipinski definition) is 5. The Labute approximate surface area is 228 Å². The molecular formula is C25H20Cl3N3O5S. The minimum absolute atomic E-state index is 0.0171.